The van der Waals surface area contributed by atoms with Gasteiger partial charge < -0.3 is 35.0 Å². The molecule has 160 valence electrons. The number of hydrogen-bond donors (Lipinski definition) is 5. The maximum Gasteiger partial charge on any atom is 0.333 e. The third-order valence-electron chi connectivity index (χ3n) is 3.56. The van der Waals surface area contributed by atoms with Gasteiger partial charge in [-0.1, -0.05) is 0 Å². The zero-order valence-electron chi connectivity index (χ0n) is 15.0. The van der Waals surface area contributed by atoms with Crippen LogP contribution in [0.25, 0.3) is 0 Å². The van der Waals surface area contributed by atoms with Crippen molar-refractivity contribution in [2.75, 3.05) is 26.8 Å². The van der Waals surface area contributed by atoms with Gasteiger partial charge in [-0.25, -0.2) is 9.59 Å². The van der Waals surface area contributed by atoms with E-state index in [1.165, 1.54) is 11.9 Å². The van der Waals surface area contributed by atoms with E-state index in [2.05, 4.69) is 0 Å². The highest BCUT2D eigenvalue weighted by molar-refractivity contribution is 5.80. The van der Waals surface area contributed by atoms with Crippen molar-refractivity contribution in [2.24, 2.45) is 0 Å². The predicted octanol–water partition coefficient (Wildman–Crippen LogP) is -1.35. The zero-order chi connectivity index (χ0) is 21.9. The van der Waals surface area contributed by atoms with E-state index in [0.29, 0.717) is 0 Å². The molecule has 0 aromatic heterocycles. The molecule has 0 spiro atoms. The Labute approximate surface area is 159 Å². The Morgan fingerprint density at radius 3 is 1.54 bits per heavy atom. The molecule has 0 aromatic rings. The van der Waals surface area contributed by atoms with Gasteiger partial charge in [-0.05, 0) is 13.5 Å². The van der Waals surface area contributed by atoms with Crippen molar-refractivity contribution < 1.29 is 59.0 Å². The highest BCUT2D eigenvalue weighted by Crippen LogP contribution is 2.07. The molecule has 13 heteroatoms. The topological polar surface area (TPSA) is 208 Å². The molecule has 13 nitrogen and oxygen atoms in total. The van der Waals surface area contributed by atoms with Gasteiger partial charge in [0.2, 0.25) is 0 Å². The first-order valence-corrected chi connectivity index (χ1v) is 8.01. The van der Waals surface area contributed by atoms with Crippen molar-refractivity contribution in [1.29, 1.82) is 0 Å². The predicted molar refractivity (Wildman–Crippen MR) is 87.9 cm³/mol. The van der Waals surface area contributed by atoms with E-state index < -0.39 is 60.9 Å². The monoisotopic (exact) mass is 409 g/mol. The van der Waals surface area contributed by atoms with Gasteiger partial charge in [-0.3, -0.25) is 19.3 Å². The fourth-order valence-electron chi connectivity index (χ4n) is 2.10. The Morgan fingerprint density at radius 1 is 0.750 bits per heavy atom. The molecular formula is C15H23NO12. The fourth-order valence-corrected chi connectivity index (χ4v) is 2.10. The molecule has 28 heavy (non-hydrogen) atoms. The molecule has 0 aromatic carbocycles. The summed E-state index contributed by atoms with van der Waals surface area (Å²) in [7, 11) is 1.39. The lowest BCUT2D eigenvalue weighted by atomic mass is 10.2. The number of ether oxygens (including phenoxy) is 2. The van der Waals surface area contributed by atoms with E-state index >= 15 is 0 Å². The summed E-state index contributed by atoms with van der Waals surface area (Å²) in [5, 5.41) is 44.2. The highest BCUT2D eigenvalue weighted by Gasteiger charge is 2.27. The lowest BCUT2D eigenvalue weighted by Crippen LogP contribution is -2.42. The van der Waals surface area contributed by atoms with Crippen LogP contribution in [0.15, 0.2) is 0 Å². The summed E-state index contributed by atoms with van der Waals surface area (Å²) in [4.78, 5) is 55.6. The van der Waals surface area contributed by atoms with E-state index in [-0.39, 0.29) is 26.2 Å². The summed E-state index contributed by atoms with van der Waals surface area (Å²) in [5.74, 6) is -6.97. The van der Waals surface area contributed by atoms with E-state index in [4.69, 9.17) is 29.9 Å². The molecule has 3 atom stereocenters. The number of carbonyl (C=O) groups is 5. The Kier molecular flexibility index (Phi) is 11.3. The first-order chi connectivity index (χ1) is 13.0. The molecule has 0 radical (unpaired) electrons. The number of carboxylic acids is 5. The molecule has 0 heterocycles. The highest BCUT2D eigenvalue weighted by atomic mass is 16.5. The fraction of sp³-hybridized carbons (Fsp3) is 0.667. The van der Waals surface area contributed by atoms with Gasteiger partial charge in [0.1, 0.15) is 6.04 Å². The third-order valence-corrected chi connectivity index (χ3v) is 3.56. The van der Waals surface area contributed by atoms with Gasteiger partial charge in [0.15, 0.2) is 12.2 Å². The lowest BCUT2D eigenvalue weighted by Gasteiger charge is -2.25. The van der Waals surface area contributed by atoms with Gasteiger partial charge in [-0.15, -0.1) is 0 Å². The molecule has 0 saturated heterocycles. The van der Waals surface area contributed by atoms with Crippen LogP contribution in [0.3, 0.4) is 0 Å². The van der Waals surface area contributed by atoms with Crippen LogP contribution in [0.1, 0.15) is 19.3 Å². The Bertz CT molecular complexity index is 577. The van der Waals surface area contributed by atoms with Crippen LogP contribution < -0.4 is 0 Å². The second-order valence-corrected chi connectivity index (χ2v) is 5.71. The van der Waals surface area contributed by atoms with Gasteiger partial charge in [0.05, 0.1) is 19.4 Å². The average molecular weight is 409 g/mol. The average Bonchev–Trinajstić information content (AvgIpc) is 2.55. The number of carboxylic acid groups (broad SMARTS) is 5. The number of hydrogen-bond acceptors (Lipinski definition) is 8. The smallest absolute Gasteiger partial charge is 0.333 e. The molecule has 5 N–H and O–H groups in total. The van der Waals surface area contributed by atoms with Gasteiger partial charge >= 0.3 is 29.8 Å². The van der Waals surface area contributed by atoms with E-state index in [0.717, 1.165) is 0 Å². The Morgan fingerprint density at radius 2 is 1.18 bits per heavy atom. The minimum atomic E-state index is -1.62. The van der Waals surface area contributed by atoms with E-state index in [1.807, 2.05) is 0 Å². The maximum atomic E-state index is 11.4. The first kappa shape index (κ1) is 25.2. The van der Waals surface area contributed by atoms with Crippen LogP contribution in [0.4, 0.5) is 0 Å². The number of rotatable bonds is 16. The van der Waals surface area contributed by atoms with Gasteiger partial charge in [-0.2, -0.15) is 0 Å². The standard InChI is InChI=1S/C15H23NO12/c1-16(3-5-28-10(15(25)26)7-12(19)20)8(13(21)22)2-4-27-9(14(23)24)6-11(17)18/h8-10H,2-7H2,1H3,(H,17,18)(H,19,20)(H,21,22)(H,23,24)(H,25,26). The molecule has 0 fully saturated rings. The minimum absolute atomic E-state index is 0.0577. The van der Waals surface area contributed by atoms with E-state index in [1.54, 1.807) is 0 Å². The summed E-state index contributed by atoms with van der Waals surface area (Å²) in [6.07, 6.45) is -4.91. The Hall–Kier alpha value is -2.77. The van der Waals surface area contributed by atoms with Crippen molar-refractivity contribution in [2.45, 2.75) is 37.5 Å². The van der Waals surface area contributed by atoms with Crippen molar-refractivity contribution in [3.63, 3.8) is 0 Å². The number of aliphatic carboxylic acids is 5. The largest absolute Gasteiger partial charge is 0.481 e. The first-order valence-electron chi connectivity index (χ1n) is 8.01. The number of likely N-dealkylation sites (N-methyl/N-ethyl adjacent to an activating group) is 1. The Balaban J connectivity index is 4.59. The molecule has 0 amide bonds. The summed E-state index contributed by atoms with van der Waals surface area (Å²) in [5.41, 5.74) is 0. The number of nitrogens with zero attached hydrogens (tertiary/aromatic N) is 1. The molecule has 0 aliphatic heterocycles. The summed E-state index contributed by atoms with van der Waals surface area (Å²) < 4.78 is 9.86. The SMILES string of the molecule is CN(CCOC(CC(=O)O)C(=O)O)C(CCOC(CC(=O)O)C(=O)O)C(=O)O. The minimum Gasteiger partial charge on any atom is -0.481 e. The zero-order valence-corrected chi connectivity index (χ0v) is 15.0. The molecule has 0 aliphatic carbocycles. The summed E-state index contributed by atoms with van der Waals surface area (Å²) >= 11 is 0. The van der Waals surface area contributed by atoms with Crippen LogP contribution in [0.2, 0.25) is 0 Å². The van der Waals surface area contributed by atoms with Gasteiger partial charge in [0, 0.05) is 13.2 Å². The van der Waals surface area contributed by atoms with Crippen LogP contribution in [-0.4, -0.2) is 105 Å². The second-order valence-electron chi connectivity index (χ2n) is 5.71. The van der Waals surface area contributed by atoms with Crippen LogP contribution >= 0.6 is 0 Å². The summed E-state index contributed by atoms with van der Waals surface area (Å²) in [6, 6.07) is -1.15. The lowest BCUT2D eigenvalue weighted by molar-refractivity contribution is -0.158. The van der Waals surface area contributed by atoms with Crippen LogP contribution in [-0.2, 0) is 33.4 Å². The van der Waals surface area contributed by atoms with E-state index in [9.17, 15) is 29.1 Å². The molecule has 0 rings (SSSR count). The normalized spacial score (nSPS) is 14.2. The van der Waals surface area contributed by atoms with Gasteiger partial charge in [0.25, 0.3) is 0 Å². The molecule has 0 aliphatic rings. The molecule has 0 bridgehead atoms. The maximum absolute atomic E-state index is 11.4. The molecular weight excluding hydrogens is 386 g/mol. The molecule has 0 saturated carbocycles. The third kappa shape index (κ3) is 10.4. The quantitative estimate of drug-likeness (QED) is 0.200. The van der Waals surface area contributed by atoms with Crippen molar-refractivity contribution >= 4 is 29.8 Å². The van der Waals surface area contributed by atoms with Crippen molar-refractivity contribution in [1.82, 2.24) is 4.90 Å². The van der Waals surface area contributed by atoms with Crippen molar-refractivity contribution in [3.05, 3.63) is 0 Å². The van der Waals surface area contributed by atoms with Crippen LogP contribution in [0, 0.1) is 0 Å². The molecule has 3 unspecified atom stereocenters. The van der Waals surface area contributed by atoms with Crippen LogP contribution in [0.5, 0.6) is 0 Å². The summed E-state index contributed by atoms with van der Waals surface area (Å²) in [6.45, 7) is -0.664. The second kappa shape index (κ2) is 12.6. The van der Waals surface area contributed by atoms with Crippen molar-refractivity contribution in [3.8, 4) is 0 Å².